The first-order valence-corrected chi connectivity index (χ1v) is 4.53. The summed E-state index contributed by atoms with van der Waals surface area (Å²) in [6.45, 7) is 0. The Morgan fingerprint density at radius 3 is 1.56 bits per heavy atom. The van der Waals surface area contributed by atoms with Gasteiger partial charge in [-0.2, -0.15) is 0 Å². The zero-order valence-corrected chi connectivity index (χ0v) is 8.89. The summed E-state index contributed by atoms with van der Waals surface area (Å²) in [5.41, 5.74) is 1.95. The molecule has 1 aromatic carbocycles. The van der Waals surface area contributed by atoms with Gasteiger partial charge in [-0.05, 0) is 12.1 Å². The van der Waals surface area contributed by atoms with Crippen LogP contribution in [0.4, 0.5) is 0 Å². The van der Waals surface area contributed by atoms with Crippen LogP contribution in [0.5, 0.6) is 0 Å². The summed E-state index contributed by atoms with van der Waals surface area (Å²) in [6, 6.07) is 12.1. The van der Waals surface area contributed by atoms with Gasteiger partial charge in [0.2, 0.25) is 0 Å². The summed E-state index contributed by atoms with van der Waals surface area (Å²) >= 11 is 0. The van der Waals surface area contributed by atoms with Crippen molar-refractivity contribution < 1.29 is 16.8 Å². The Hall–Kier alpha value is -1.45. The molecule has 1 radical (unpaired) electrons. The topological polar surface area (TPSA) is 25.8 Å². The quantitative estimate of drug-likeness (QED) is 0.575. The predicted octanol–water partition coefficient (Wildman–Crippen LogP) is 3.42. The normalized spacial score (nSPS) is 9.50. The van der Waals surface area contributed by atoms with E-state index in [-0.39, 0.29) is 24.2 Å². The number of pyridine rings is 2. The fourth-order valence-electron chi connectivity index (χ4n) is 1.68. The van der Waals surface area contributed by atoms with Crippen LogP contribution in [0.15, 0.2) is 48.8 Å². The molecule has 0 aliphatic rings. The number of nitrogens with zero attached hydrogens (tertiary/aromatic N) is 2. The second kappa shape index (κ2) is 5.05. The summed E-state index contributed by atoms with van der Waals surface area (Å²) < 4.78 is 0. The van der Waals surface area contributed by atoms with Gasteiger partial charge in [-0.3, -0.25) is 9.97 Å². The Balaban J connectivity index is 0.000000640. The van der Waals surface area contributed by atoms with Crippen LogP contribution in [0.2, 0.25) is 0 Å². The zero-order valence-electron chi connectivity index (χ0n) is 7.85. The van der Waals surface area contributed by atoms with E-state index >= 15 is 0 Å². The maximum Gasteiger partial charge on any atom is 0.0964 e. The number of hydrogen-bond donors (Lipinski definition) is 0. The number of aromatic nitrogens is 2. The average molecular weight is 255 g/mol. The maximum atomic E-state index is 4.35. The van der Waals surface area contributed by atoms with Gasteiger partial charge in [-0.25, -0.2) is 0 Å². The second-order valence-electron chi connectivity index (χ2n) is 3.22. The molecule has 16 heavy (non-hydrogen) atoms. The van der Waals surface area contributed by atoms with Gasteiger partial charge in [-0.1, -0.05) is 31.7 Å². The molecular weight excluding hydrogens is 243 g/mol. The molecule has 0 saturated carbocycles. The fourth-order valence-corrected chi connectivity index (χ4v) is 1.68. The molecule has 2 nitrogen and oxygen atoms in total. The van der Waals surface area contributed by atoms with Crippen LogP contribution in [0, 0.1) is 0 Å². The molecule has 0 saturated heterocycles. The van der Waals surface area contributed by atoms with E-state index in [4.69, 9.17) is 0 Å². The van der Waals surface area contributed by atoms with Gasteiger partial charge >= 0.3 is 0 Å². The van der Waals surface area contributed by atoms with Crippen LogP contribution >= 0.6 is 0 Å². The van der Waals surface area contributed by atoms with Crippen LogP contribution in [0.1, 0.15) is 7.43 Å². The molecule has 3 rings (SSSR count). The Bertz CT molecular complexity index is 553. The van der Waals surface area contributed by atoms with E-state index in [1.165, 1.54) is 0 Å². The monoisotopic (exact) mass is 255 g/mol. The summed E-state index contributed by atoms with van der Waals surface area (Å²) in [4.78, 5) is 8.69. The van der Waals surface area contributed by atoms with E-state index in [1.54, 1.807) is 12.4 Å². The average Bonchev–Trinajstić information content (AvgIpc) is 2.29. The van der Waals surface area contributed by atoms with Crippen LogP contribution < -0.4 is 0 Å². The van der Waals surface area contributed by atoms with Gasteiger partial charge in [0, 0.05) is 39.9 Å². The predicted molar refractivity (Wildman–Crippen MR) is 63.8 cm³/mol. The Morgan fingerprint density at radius 2 is 1.12 bits per heavy atom. The Labute approximate surface area is 105 Å². The number of fused-ring (bicyclic) bond motifs is 3. The van der Waals surface area contributed by atoms with E-state index in [1.807, 2.05) is 12.1 Å². The van der Waals surface area contributed by atoms with E-state index in [0.717, 1.165) is 21.8 Å². The molecule has 2 heterocycles. The van der Waals surface area contributed by atoms with Crippen molar-refractivity contribution in [3.8, 4) is 0 Å². The first-order chi connectivity index (χ1) is 6.95. The molecule has 0 aliphatic carbocycles. The molecule has 0 unspecified atom stereocenters. The third-order valence-electron chi connectivity index (χ3n) is 2.34. The van der Waals surface area contributed by atoms with E-state index in [2.05, 4.69) is 34.2 Å². The van der Waals surface area contributed by atoms with Crippen LogP contribution in [0.3, 0.4) is 0 Å². The number of benzene rings is 1. The van der Waals surface area contributed by atoms with Crippen LogP contribution in [0.25, 0.3) is 21.8 Å². The molecule has 0 bridgehead atoms. The first-order valence-electron chi connectivity index (χ1n) is 4.53. The van der Waals surface area contributed by atoms with Crippen molar-refractivity contribution >= 4 is 21.8 Å². The van der Waals surface area contributed by atoms with Gasteiger partial charge < -0.3 is 0 Å². The SMILES string of the molecule is C.[Co].c1cnc2c(c1)ccc1cccnc12. The zero-order chi connectivity index (χ0) is 9.38. The Morgan fingerprint density at radius 1 is 0.688 bits per heavy atom. The number of rotatable bonds is 0. The first kappa shape index (κ1) is 12.6. The molecule has 3 heteroatoms. The molecule has 0 amide bonds. The van der Waals surface area contributed by atoms with Crippen molar-refractivity contribution in [1.82, 2.24) is 9.97 Å². The molecule has 0 fully saturated rings. The second-order valence-corrected chi connectivity index (χ2v) is 3.22. The van der Waals surface area contributed by atoms with Crippen LogP contribution in [-0.2, 0) is 16.8 Å². The smallest absolute Gasteiger partial charge is 0.0964 e. The minimum atomic E-state index is 0. The molecular formula is C13H12CoN2. The number of hydrogen-bond acceptors (Lipinski definition) is 2. The summed E-state index contributed by atoms with van der Waals surface area (Å²) in [6.07, 6.45) is 3.60. The molecule has 0 spiro atoms. The molecule has 83 valence electrons. The third-order valence-corrected chi connectivity index (χ3v) is 2.34. The van der Waals surface area contributed by atoms with Gasteiger partial charge in [0.25, 0.3) is 0 Å². The van der Waals surface area contributed by atoms with E-state index in [9.17, 15) is 0 Å². The molecule has 2 aromatic heterocycles. The molecule has 0 aliphatic heterocycles. The van der Waals surface area contributed by atoms with Gasteiger partial charge in [0.05, 0.1) is 11.0 Å². The maximum absolute atomic E-state index is 4.35. The van der Waals surface area contributed by atoms with Crippen molar-refractivity contribution in [2.45, 2.75) is 7.43 Å². The molecule has 0 N–H and O–H groups in total. The summed E-state index contributed by atoms with van der Waals surface area (Å²) in [7, 11) is 0. The molecule has 3 aromatic rings. The van der Waals surface area contributed by atoms with Gasteiger partial charge in [0.15, 0.2) is 0 Å². The van der Waals surface area contributed by atoms with Crippen molar-refractivity contribution in [3.63, 3.8) is 0 Å². The van der Waals surface area contributed by atoms with Gasteiger partial charge in [0.1, 0.15) is 0 Å². The summed E-state index contributed by atoms with van der Waals surface area (Å²) in [5.74, 6) is 0. The minimum Gasteiger partial charge on any atom is -0.254 e. The standard InChI is InChI=1S/C12H8N2.CH4.Co/c1-3-9-5-6-10-4-2-8-14-12(10)11(9)13-7-1;;/h1-8H;1H4;. The fraction of sp³-hybridized carbons (Fsp3) is 0.0769. The van der Waals surface area contributed by atoms with E-state index < -0.39 is 0 Å². The third kappa shape index (κ3) is 1.92. The van der Waals surface area contributed by atoms with Crippen molar-refractivity contribution in [1.29, 1.82) is 0 Å². The minimum absolute atomic E-state index is 0. The Kier molecular flexibility index (Phi) is 3.98. The van der Waals surface area contributed by atoms with Crippen LogP contribution in [-0.4, -0.2) is 9.97 Å². The largest absolute Gasteiger partial charge is 0.254 e. The van der Waals surface area contributed by atoms with Crippen molar-refractivity contribution in [2.24, 2.45) is 0 Å². The van der Waals surface area contributed by atoms with Crippen molar-refractivity contribution in [3.05, 3.63) is 48.8 Å². The van der Waals surface area contributed by atoms with E-state index in [0.29, 0.717) is 0 Å². The summed E-state index contributed by atoms with van der Waals surface area (Å²) in [5, 5.41) is 2.28. The van der Waals surface area contributed by atoms with Crippen molar-refractivity contribution in [2.75, 3.05) is 0 Å². The van der Waals surface area contributed by atoms with Gasteiger partial charge in [-0.15, -0.1) is 0 Å². The molecule has 0 atom stereocenters.